The fourth-order valence-corrected chi connectivity index (χ4v) is 1.92. The summed E-state index contributed by atoms with van der Waals surface area (Å²) in [4.78, 5) is 12.1. The topological polar surface area (TPSA) is 41.1 Å². The normalized spacial score (nSPS) is 11.8. The number of benzene rings is 2. The number of aryl methyl sites for hydroxylation is 2. The van der Waals surface area contributed by atoms with Gasteiger partial charge in [-0.1, -0.05) is 23.8 Å². The summed E-state index contributed by atoms with van der Waals surface area (Å²) in [5, 5.41) is 5.68. The van der Waals surface area contributed by atoms with Crippen LogP contribution < -0.4 is 10.6 Å². The lowest BCUT2D eigenvalue weighted by atomic mass is 10.2. The van der Waals surface area contributed by atoms with Crippen LogP contribution in [0.3, 0.4) is 0 Å². The van der Waals surface area contributed by atoms with Gasteiger partial charge >= 0.3 is 0 Å². The molecule has 0 spiro atoms. The second-order valence-corrected chi connectivity index (χ2v) is 5.20. The highest BCUT2D eigenvalue weighted by Crippen LogP contribution is 2.17. The third-order valence-corrected chi connectivity index (χ3v) is 3.21. The van der Waals surface area contributed by atoms with Gasteiger partial charge in [0.15, 0.2) is 0 Å². The van der Waals surface area contributed by atoms with E-state index in [2.05, 4.69) is 10.6 Å². The van der Waals surface area contributed by atoms with Crippen LogP contribution in [0.4, 0.5) is 15.8 Å². The van der Waals surface area contributed by atoms with Crippen molar-refractivity contribution in [1.29, 1.82) is 0 Å². The quantitative estimate of drug-likeness (QED) is 0.895. The highest BCUT2D eigenvalue weighted by atomic mass is 19.1. The third-order valence-electron chi connectivity index (χ3n) is 3.21. The maximum atomic E-state index is 13.8. The minimum Gasteiger partial charge on any atom is -0.372 e. The molecule has 110 valence electrons. The Labute approximate surface area is 124 Å². The van der Waals surface area contributed by atoms with Crippen molar-refractivity contribution >= 4 is 17.3 Å². The molecule has 2 N–H and O–H groups in total. The summed E-state index contributed by atoms with van der Waals surface area (Å²) in [6, 6.07) is 11.9. The number of carbonyl (C=O) groups excluding carboxylic acids is 1. The Morgan fingerprint density at radius 1 is 1.05 bits per heavy atom. The van der Waals surface area contributed by atoms with Crippen LogP contribution in [0.15, 0.2) is 42.5 Å². The standard InChI is InChI=1S/C17H19FN2O/c1-11-4-7-14(8-5-11)20-17(21)13(3)19-16-9-6-12(2)10-15(16)18/h4-10,13,19H,1-3H3,(H,20,21). The molecule has 0 aliphatic rings. The second kappa shape index (κ2) is 6.39. The first-order chi connectivity index (χ1) is 9.95. The molecule has 1 atom stereocenters. The van der Waals surface area contributed by atoms with Crippen LogP contribution in [-0.2, 0) is 4.79 Å². The molecule has 1 unspecified atom stereocenters. The van der Waals surface area contributed by atoms with Crippen LogP contribution in [0.2, 0.25) is 0 Å². The molecule has 0 aliphatic carbocycles. The van der Waals surface area contributed by atoms with Crippen LogP contribution in [0.1, 0.15) is 18.1 Å². The van der Waals surface area contributed by atoms with Gasteiger partial charge in [-0.25, -0.2) is 4.39 Å². The molecule has 0 saturated heterocycles. The molecular formula is C17H19FN2O. The minimum absolute atomic E-state index is 0.209. The highest BCUT2D eigenvalue weighted by molar-refractivity contribution is 5.96. The second-order valence-electron chi connectivity index (χ2n) is 5.20. The molecule has 0 fully saturated rings. The minimum atomic E-state index is -0.538. The van der Waals surface area contributed by atoms with E-state index < -0.39 is 6.04 Å². The maximum absolute atomic E-state index is 13.8. The van der Waals surface area contributed by atoms with Crippen molar-refractivity contribution in [3.05, 3.63) is 59.4 Å². The van der Waals surface area contributed by atoms with Crippen molar-refractivity contribution in [2.75, 3.05) is 10.6 Å². The molecule has 0 aliphatic heterocycles. The third kappa shape index (κ3) is 4.05. The van der Waals surface area contributed by atoms with Crippen molar-refractivity contribution in [1.82, 2.24) is 0 Å². The van der Waals surface area contributed by atoms with Crippen molar-refractivity contribution in [3.63, 3.8) is 0 Å². The predicted octanol–water partition coefficient (Wildman–Crippen LogP) is 3.88. The zero-order valence-corrected chi connectivity index (χ0v) is 12.4. The van der Waals surface area contributed by atoms with Crippen LogP contribution >= 0.6 is 0 Å². The first kappa shape index (κ1) is 15.0. The molecule has 0 heterocycles. The number of amides is 1. The van der Waals surface area contributed by atoms with E-state index in [1.54, 1.807) is 19.1 Å². The monoisotopic (exact) mass is 286 g/mol. The van der Waals surface area contributed by atoms with Gasteiger partial charge in [-0.15, -0.1) is 0 Å². The molecule has 4 heteroatoms. The zero-order valence-electron chi connectivity index (χ0n) is 12.4. The summed E-state index contributed by atoms with van der Waals surface area (Å²) < 4.78 is 13.8. The van der Waals surface area contributed by atoms with E-state index in [-0.39, 0.29) is 11.7 Å². The summed E-state index contributed by atoms with van der Waals surface area (Å²) in [6.07, 6.45) is 0. The molecule has 0 radical (unpaired) electrons. The molecule has 2 aromatic rings. The molecular weight excluding hydrogens is 267 g/mol. The summed E-state index contributed by atoms with van der Waals surface area (Å²) in [5.74, 6) is -0.566. The molecule has 2 aromatic carbocycles. The predicted molar refractivity (Wildman–Crippen MR) is 84.0 cm³/mol. The number of rotatable bonds is 4. The Kier molecular flexibility index (Phi) is 4.58. The van der Waals surface area contributed by atoms with E-state index in [1.807, 2.05) is 38.1 Å². The number of anilines is 2. The smallest absolute Gasteiger partial charge is 0.246 e. The van der Waals surface area contributed by atoms with Gasteiger partial charge in [0.25, 0.3) is 0 Å². The van der Waals surface area contributed by atoms with E-state index in [0.29, 0.717) is 5.69 Å². The molecule has 21 heavy (non-hydrogen) atoms. The average Bonchev–Trinajstić information content (AvgIpc) is 2.44. The van der Waals surface area contributed by atoms with Gasteiger partial charge in [0, 0.05) is 5.69 Å². The van der Waals surface area contributed by atoms with Crippen LogP contribution in [-0.4, -0.2) is 11.9 Å². The molecule has 3 nitrogen and oxygen atoms in total. The van der Waals surface area contributed by atoms with E-state index in [4.69, 9.17) is 0 Å². The lowest BCUT2D eigenvalue weighted by molar-refractivity contribution is -0.116. The van der Waals surface area contributed by atoms with Gasteiger partial charge in [0.2, 0.25) is 5.91 Å². The first-order valence-electron chi connectivity index (χ1n) is 6.86. The van der Waals surface area contributed by atoms with E-state index in [9.17, 15) is 9.18 Å². The summed E-state index contributed by atoms with van der Waals surface area (Å²) in [5.41, 5.74) is 3.02. The first-order valence-corrected chi connectivity index (χ1v) is 6.86. The largest absolute Gasteiger partial charge is 0.372 e. The van der Waals surface area contributed by atoms with Gasteiger partial charge < -0.3 is 10.6 Å². The van der Waals surface area contributed by atoms with Crippen molar-refractivity contribution in [2.45, 2.75) is 26.8 Å². The van der Waals surface area contributed by atoms with E-state index >= 15 is 0 Å². The lowest BCUT2D eigenvalue weighted by Gasteiger charge is -2.16. The van der Waals surface area contributed by atoms with Gasteiger partial charge in [0.05, 0.1) is 5.69 Å². The Bertz CT molecular complexity index is 638. The van der Waals surface area contributed by atoms with Crippen molar-refractivity contribution in [2.24, 2.45) is 0 Å². The number of carbonyl (C=O) groups is 1. The zero-order chi connectivity index (χ0) is 15.4. The van der Waals surface area contributed by atoms with Gasteiger partial charge in [0.1, 0.15) is 11.9 Å². The lowest BCUT2D eigenvalue weighted by Crippen LogP contribution is -2.32. The fourth-order valence-electron chi connectivity index (χ4n) is 1.92. The maximum Gasteiger partial charge on any atom is 0.246 e. The van der Waals surface area contributed by atoms with Crippen LogP contribution in [0.25, 0.3) is 0 Å². The molecule has 0 aromatic heterocycles. The van der Waals surface area contributed by atoms with Gasteiger partial charge in [-0.2, -0.15) is 0 Å². The van der Waals surface area contributed by atoms with Crippen LogP contribution in [0.5, 0.6) is 0 Å². The number of nitrogens with one attached hydrogen (secondary N) is 2. The Morgan fingerprint density at radius 3 is 2.29 bits per heavy atom. The number of hydrogen-bond donors (Lipinski definition) is 2. The van der Waals surface area contributed by atoms with Crippen molar-refractivity contribution < 1.29 is 9.18 Å². The molecule has 1 amide bonds. The molecule has 0 bridgehead atoms. The SMILES string of the molecule is Cc1ccc(NC(=O)C(C)Nc2ccc(C)cc2F)cc1. The van der Waals surface area contributed by atoms with E-state index in [1.165, 1.54) is 6.07 Å². The fraction of sp³-hybridized carbons (Fsp3) is 0.235. The number of halogens is 1. The average molecular weight is 286 g/mol. The number of hydrogen-bond acceptors (Lipinski definition) is 2. The van der Waals surface area contributed by atoms with Gasteiger partial charge in [-0.05, 0) is 50.6 Å². The molecule has 0 saturated carbocycles. The Hall–Kier alpha value is -2.36. The summed E-state index contributed by atoms with van der Waals surface area (Å²) >= 11 is 0. The van der Waals surface area contributed by atoms with E-state index in [0.717, 1.165) is 16.8 Å². The Morgan fingerprint density at radius 2 is 1.67 bits per heavy atom. The molecule has 2 rings (SSSR count). The summed E-state index contributed by atoms with van der Waals surface area (Å²) in [7, 11) is 0. The van der Waals surface area contributed by atoms with Crippen LogP contribution in [0, 0.1) is 19.7 Å². The van der Waals surface area contributed by atoms with Gasteiger partial charge in [-0.3, -0.25) is 4.79 Å². The summed E-state index contributed by atoms with van der Waals surface area (Å²) in [6.45, 7) is 5.50. The Balaban J connectivity index is 2.00. The highest BCUT2D eigenvalue weighted by Gasteiger charge is 2.14. The van der Waals surface area contributed by atoms with Crippen molar-refractivity contribution in [3.8, 4) is 0 Å².